The first-order valence-corrected chi connectivity index (χ1v) is 4.89. The fourth-order valence-corrected chi connectivity index (χ4v) is 2.10. The van der Waals surface area contributed by atoms with E-state index in [0.29, 0.717) is 11.3 Å². The van der Waals surface area contributed by atoms with E-state index in [-0.39, 0.29) is 0 Å². The van der Waals surface area contributed by atoms with E-state index in [1.165, 1.54) is 12.8 Å². The molecule has 1 saturated carbocycles. The quantitative estimate of drug-likeness (QED) is 0.699. The van der Waals surface area contributed by atoms with Gasteiger partial charge < -0.3 is 5.73 Å². The molecule has 12 heavy (non-hydrogen) atoms. The number of allylic oxidation sites excluding steroid dienone is 4. The minimum atomic E-state index is 0.435. The Morgan fingerprint density at radius 2 is 2.33 bits per heavy atom. The first-order valence-electron chi connectivity index (χ1n) is 4.51. The maximum atomic E-state index is 5.84. The van der Waals surface area contributed by atoms with Gasteiger partial charge in [0.15, 0.2) is 0 Å². The average molecular weight is 184 g/mol. The predicted molar refractivity (Wildman–Crippen MR) is 51.9 cm³/mol. The minimum absolute atomic E-state index is 0.435. The molecule has 0 radical (unpaired) electrons. The molecule has 1 atom stereocenters. The van der Waals surface area contributed by atoms with E-state index in [1.54, 1.807) is 0 Å². The molecule has 0 amide bonds. The SMILES string of the molecule is NCC1(C2C=CC(Cl)=CC2)CC1. The summed E-state index contributed by atoms with van der Waals surface area (Å²) in [5.74, 6) is 0.644. The van der Waals surface area contributed by atoms with Crippen molar-refractivity contribution in [2.45, 2.75) is 19.3 Å². The van der Waals surface area contributed by atoms with Crippen molar-refractivity contribution in [1.29, 1.82) is 0 Å². The van der Waals surface area contributed by atoms with Crippen molar-refractivity contribution in [3.63, 3.8) is 0 Å². The minimum Gasteiger partial charge on any atom is -0.330 e. The second-order valence-electron chi connectivity index (χ2n) is 3.86. The molecule has 0 aromatic carbocycles. The normalized spacial score (nSPS) is 31.5. The summed E-state index contributed by atoms with van der Waals surface area (Å²) in [6.45, 7) is 0.827. The summed E-state index contributed by atoms with van der Waals surface area (Å²) in [4.78, 5) is 0. The number of nitrogens with two attached hydrogens (primary N) is 1. The molecule has 0 aromatic rings. The number of halogens is 1. The van der Waals surface area contributed by atoms with Crippen molar-refractivity contribution < 1.29 is 0 Å². The zero-order valence-corrected chi connectivity index (χ0v) is 7.85. The van der Waals surface area contributed by atoms with Crippen molar-refractivity contribution in [3.8, 4) is 0 Å². The standard InChI is InChI=1S/C10H14ClN/c11-9-3-1-8(2-4-9)10(7-12)5-6-10/h1,3-4,8H,2,5-7,12H2. The molecule has 2 rings (SSSR count). The molecular formula is C10H14ClN. The number of hydrogen-bond acceptors (Lipinski definition) is 1. The predicted octanol–water partition coefficient (Wildman–Crippen LogP) is 2.42. The van der Waals surface area contributed by atoms with Gasteiger partial charge in [-0.05, 0) is 43.2 Å². The molecule has 1 fully saturated rings. The van der Waals surface area contributed by atoms with Gasteiger partial charge in [0.1, 0.15) is 0 Å². The van der Waals surface area contributed by atoms with Gasteiger partial charge in [0.25, 0.3) is 0 Å². The summed E-state index contributed by atoms with van der Waals surface area (Å²) >= 11 is 5.84. The fraction of sp³-hybridized carbons (Fsp3) is 0.600. The highest BCUT2D eigenvalue weighted by atomic mass is 35.5. The largest absolute Gasteiger partial charge is 0.330 e. The van der Waals surface area contributed by atoms with Crippen LogP contribution in [0.25, 0.3) is 0 Å². The van der Waals surface area contributed by atoms with Gasteiger partial charge in [0.2, 0.25) is 0 Å². The van der Waals surface area contributed by atoms with Crippen molar-refractivity contribution in [1.82, 2.24) is 0 Å². The number of hydrogen-bond donors (Lipinski definition) is 1. The third-order valence-electron chi connectivity index (χ3n) is 3.14. The summed E-state index contributed by atoms with van der Waals surface area (Å²) in [5, 5.41) is 0.874. The molecular weight excluding hydrogens is 170 g/mol. The molecule has 0 saturated heterocycles. The van der Waals surface area contributed by atoms with Crippen LogP contribution in [-0.4, -0.2) is 6.54 Å². The Kier molecular flexibility index (Phi) is 2.01. The van der Waals surface area contributed by atoms with E-state index in [4.69, 9.17) is 17.3 Å². The molecule has 66 valence electrons. The van der Waals surface area contributed by atoms with Crippen LogP contribution in [0.4, 0.5) is 0 Å². The van der Waals surface area contributed by atoms with Crippen LogP contribution < -0.4 is 5.73 Å². The van der Waals surface area contributed by atoms with E-state index in [0.717, 1.165) is 18.0 Å². The summed E-state index contributed by atoms with van der Waals surface area (Å²) in [5.41, 5.74) is 6.18. The lowest BCUT2D eigenvalue weighted by Crippen LogP contribution is -2.24. The summed E-state index contributed by atoms with van der Waals surface area (Å²) in [6, 6.07) is 0. The van der Waals surface area contributed by atoms with E-state index in [9.17, 15) is 0 Å². The molecule has 2 N–H and O–H groups in total. The van der Waals surface area contributed by atoms with Gasteiger partial charge in [0, 0.05) is 5.03 Å². The Morgan fingerprint density at radius 3 is 2.75 bits per heavy atom. The van der Waals surface area contributed by atoms with Crippen LogP contribution in [0.3, 0.4) is 0 Å². The highest BCUT2D eigenvalue weighted by Gasteiger charge is 2.46. The van der Waals surface area contributed by atoms with Gasteiger partial charge in [0.05, 0.1) is 0 Å². The van der Waals surface area contributed by atoms with Gasteiger partial charge in [-0.2, -0.15) is 0 Å². The van der Waals surface area contributed by atoms with Crippen LogP contribution in [0.15, 0.2) is 23.3 Å². The second kappa shape index (κ2) is 2.90. The monoisotopic (exact) mass is 183 g/mol. The molecule has 0 aromatic heterocycles. The summed E-state index contributed by atoms with van der Waals surface area (Å²) in [7, 11) is 0. The molecule has 2 aliphatic rings. The Labute approximate surface area is 78.3 Å². The lowest BCUT2D eigenvalue weighted by molar-refractivity contribution is 0.380. The Morgan fingerprint density at radius 1 is 1.58 bits per heavy atom. The molecule has 2 aliphatic carbocycles. The zero-order valence-electron chi connectivity index (χ0n) is 7.09. The van der Waals surface area contributed by atoms with Gasteiger partial charge in [-0.25, -0.2) is 0 Å². The molecule has 0 spiro atoms. The Hall–Kier alpha value is -0.270. The maximum absolute atomic E-state index is 5.84. The van der Waals surface area contributed by atoms with E-state index >= 15 is 0 Å². The van der Waals surface area contributed by atoms with E-state index < -0.39 is 0 Å². The van der Waals surface area contributed by atoms with Crippen molar-refractivity contribution in [3.05, 3.63) is 23.3 Å². The lowest BCUT2D eigenvalue weighted by atomic mass is 9.84. The summed E-state index contributed by atoms with van der Waals surface area (Å²) < 4.78 is 0. The molecule has 0 heterocycles. The van der Waals surface area contributed by atoms with Crippen molar-refractivity contribution in [2.75, 3.05) is 6.54 Å². The van der Waals surface area contributed by atoms with Crippen LogP contribution in [0, 0.1) is 11.3 Å². The van der Waals surface area contributed by atoms with Crippen LogP contribution in [0.1, 0.15) is 19.3 Å². The van der Waals surface area contributed by atoms with Crippen LogP contribution in [-0.2, 0) is 0 Å². The molecule has 1 unspecified atom stereocenters. The molecule has 0 bridgehead atoms. The average Bonchev–Trinajstić information content (AvgIpc) is 2.86. The third kappa shape index (κ3) is 1.32. The number of rotatable bonds is 2. The van der Waals surface area contributed by atoms with Crippen molar-refractivity contribution >= 4 is 11.6 Å². The third-order valence-corrected chi connectivity index (χ3v) is 3.42. The lowest BCUT2D eigenvalue weighted by Gasteiger charge is -2.23. The highest BCUT2D eigenvalue weighted by Crippen LogP contribution is 2.53. The van der Waals surface area contributed by atoms with E-state index in [2.05, 4.69) is 12.2 Å². The Balaban J connectivity index is 2.05. The van der Waals surface area contributed by atoms with Gasteiger partial charge in [-0.3, -0.25) is 0 Å². The first kappa shape index (κ1) is 8.33. The molecule has 0 aliphatic heterocycles. The topological polar surface area (TPSA) is 26.0 Å². The summed E-state index contributed by atoms with van der Waals surface area (Å²) in [6.07, 6.45) is 10.00. The maximum Gasteiger partial charge on any atom is 0.0363 e. The van der Waals surface area contributed by atoms with Crippen LogP contribution in [0.2, 0.25) is 0 Å². The van der Waals surface area contributed by atoms with Crippen molar-refractivity contribution in [2.24, 2.45) is 17.1 Å². The molecule has 2 heteroatoms. The smallest absolute Gasteiger partial charge is 0.0363 e. The molecule has 1 nitrogen and oxygen atoms in total. The highest BCUT2D eigenvalue weighted by molar-refractivity contribution is 6.31. The Bertz CT molecular complexity index is 238. The second-order valence-corrected chi connectivity index (χ2v) is 4.29. The van der Waals surface area contributed by atoms with Gasteiger partial charge >= 0.3 is 0 Å². The van der Waals surface area contributed by atoms with E-state index in [1.807, 2.05) is 6.08 Å². The van der Waals surface area contributed by atoms with Crippen LogP contribution in [0.5, 0.6) is 0 Å². The first-order chi connectivity index (χ1) is 5.77. The van der Waals surface area contributed by atoms with Gasteiger partial charge in [-0.15, -0.1) is 0 Å². The van der Waals surface area contributed by atoms with Crippen LogP contribution >= 0.6 is 11.6 Å². The van der Waals surface area contributed by atoms with Gasteiger partial charge in [-0.1, -0.05) is 23.8 Å². The zero-order chi connectivity index (χ0) is 8.60. The fourth-order valence-electron chi connectivity index (χ4n) is 1.94.